The van der Waals surface area contributed by atoms with Gasteiger partial charge in [-0.2, -0.15) is 0 Å². The van der Waals surface area contributed by atoms with Crippen LogP contribution in [0.4, 0.5) is 5.95 Å². The molecular formula is C14H12ClN5. The molecule has 3 aromatic rings. The Labute approximate surface area is 122 Å². The first-order chi connectivity index (χ1) is 9.33. The van der Waals surface area contributed by atoms with Crippen molar-refractivity contribution >= 4 is 18.4 Å². The highest BCUT2D eigenvalue weighted by Gasteiger charge is 2.06. The zero-order valence-corrected chi connectivity index (χ0v) is 11.3. The highest BCUT2D eigenvalue weighted by molar-refractivity contribution is 5.85. The first kappa shape index (κ1) is 13.9. The van der Waals surface area contributed by atoms with Crippen molar-refractivity contribution in [2.24, 2.45) is 0 Å². The van der Waals surface area contributed by atoms with Crippen LogP contribution >= 0.6 is 12.4 Å². The molecule has 0 aromatic carbocycles. The molecule has 3 heterocycles. The number of nitrogen functional groups attached to an aromatic ring is 1. The summed E-state index contributed by atoms with van der Waals surface area (Å²) in [6, 6.07) is 9.45. The molecule has 0 radical (unpaired) electrons. The third-order valence-corrected chi connectivity index (χ3v) is 2.70. The fraction of sp³-hybridized carbons (Fsp3) is 0. The lowest BCUT2D eigenvalue weighted by Gasteiger charge is -2.05. The average molecular weight is 286 g/mol. The molecule has 0 aliphatic carbocycles. The van der Waals surface area contributed by atoms with Crippen LogP contribution in [0.2, 0.25) is 0 Å². The minimum absolute atomic E-state index is 0. The van der Waals surface area contributed by atoms with Gasteiger partial charge in [-0.15, -0.1) is 12.4 Å². The summed E-state index contributed by atoms with van der Waals surface area (Å²) >= 11 is 0. The van der Waals surface area contributed by atoms with E-state index in [2.05, 4.69) is 19.9 Å². The molecular weight excluding hydrogens is 274 g/mol. The third kappa shape index (κ3) is 2.89. The molecule has 0 bridgehead atoms. The Kier molecular flexibility index (Phi) is 4.22. The Morgan fingerprint density at radius 2 is 1.10 bits per heavy atom. The van der Waals surface area contributed by atoms with Crippen LogP contribution in [-0.2, 0) is 0 Å². The number of pyridine rings is 2. The van der Waals surface area contributed by atoms with E-state index in [1.54, 1.807) is 24.8 Å². The van der Waals surface area contributed by atoms with Crippen LogP contribution in [-0.4, -0.2) is 19.9 Å². The van der Waals surface area contributed by atoms with E-state index in [4.69, 9.17) is 5.73 Å². The van der Waals surface area contributed by atoms with E-state index in [-0.39, 0.29) is 18.4 Å². The summed E-state index contributed by atoms with van der Waals surface area (Å²) in [4.78, 5) is 16.5. The molecule has 0 saturated heterocycles. The molecule has 6 heteroatoms. The number of aromatic nitrogens is 4. The predicted molar refractivity (Wildman–Crippen MR) is 80.2 cm³/mol. The zero-order valence-electron chi connectivity index (χ0n) is 10.5. The predicted octanol–water partition coefficient (Wildman–Crippen LogP) is 2.60. The summed E-state index contributed by atoms with van der Waals surface area (Å²) in [5.41, 5.74) is 9.25. The first-order valence-corrected chi connectivity index (χ1v) is 5.78. The zero-order chi connectivity index (χ0) is 13.1. The number of nitrogens with zero attached hydrogens (tertiary/aromatic N) is 4. The molecule has 3 aromatic heterocycles. The molecule has 0 spiro atoms. The van der Waals surface area contributed by atoms with Gasteiger partial charge in [-0.3, -0.25) is 9.97 Å². The van der Waals surface area contributed by atoms with Crippen molar-refractivity contribution in [2.45, 2.75) is 0 Å². The lowest BCUT2D eigenvalue weighted by Crippen LogP contribution is -1.98. The molecule has 0 aliphatic heterocycles. The Bertz CT molecular complexity index is 631. The maximum Gasteiger partial charge on any atom is 0.221 e. The summed E-state index contributed by atoms with van der Waals surface area (Å²) in [6.45, 7) is 0. The summed E-state index contributed by atoms with van der Waals surface area (Å²) in [5.74, 6) is 0.251. The Balaban J connectivity index is 0.00000147. The molecule has 5 nitrogen and oxygen atoms in total. The van der Waals surface area contributed by atoms with Crippen LogP contribution in [0.5, 0.6) is 0 Å². The Morgan fingerprint density at radius 3 is 1.50 bits per heavy atom. The van der Waals surface area contributed by atoms with Crippen LogP contribution in [0.25, 0.3) is 22.5 Å². The van der Waals surface area contributed by atoms with Crippen molar-refractivity contribution in [2.75, 3.05) is 5.73 Å². The van der Waals surface area contributed by atoms with Crippen molar-refractivity contribution in [3.05, 3.63) is 55.1 Å². The molecule has 3 rings (SSSR count). The monoisotopic (exact) mass is 285 g/mol. The SMILES string of the molecule is Cl.Nc1nc(-c2ccncc2)cc(-c2ccncc2)n1. The van der Waals surface area contributed by atoms with Gasteiger partial charge in [-0.05, 0) is 30.3 Å². The van der Waals surface area contributed by atoms with E-state index in [9.17, 15) is 0 Å². The Morgan fingerprint density at radius 1 is 0.700 bits per heavy atom. The fourth-order valence-electron chi connectivity index (χ4n) is 1.81. The first-order valence-electron chi connectivity index (χ1n) is 5.78. The number of hydrogen-bond donors (Lipinski definition) is 1. The van der Waals surface area contributed by atoms with Gasteiger partial charge in [0.15, 0.2) is 0 Å². The van der Waals surface area contributed by atoms with E-state index in [1.807, 2.05) is 30.3 Å². The number of halogens is 1. The number of hydrogen-bond acceptors (Lipinski definition) is 5. The number of anilines is 1. The lowest BCUT2D eigenvalue weighted by atomic mass is 10.1. The summed E-state index contributed by atoms with van der Waals surface area (Å²) in [7, 11) is 0. The fourth-order valence-corrected chi connectivity index (χ4v) is 1.81. The van der Waals surface area contributed by atoms with Gasteiger partial charge < -0.3 is 5.73 Å². The summed E-state index contributed by atoms with van der Waals surface area (Å²) in [5, 5.41) is 0. The molecule has 100 valence electrons. The molecule has 0 unspecified atom stereocenters. The smallest absolute Gasteiger partial charge is 0.221 e. The summed E-state index contributed by atoms with van der Waals surface area (Å²) in [6.07, 6.45) is 6.89. The normalized spacial score (nSPS) is 9.80. The molecule has 0 fully saturated rings. The number of rotatable bonds is 2. The average Bonchev–Trinajstić information content (AvgIpc) is 2.48. The van der Waals surface area contributed by atoms with Crippen LogP contribution < -0.4 is 5.73 Å². The topological polar surface area (TPSA) is 77.6 Å². The van der Waals surface area contributed by atoms with Gasteiger partial charge in [-0.25, -0.2) is 9.97 Å². The highest BCUT2D eigenvalue weighted by atomic mass is 35.5. The van der Waals surface area contributed by atoms with Crippen molar-refractivity contribution in [1.82, 2.24) is 19.9 Å². The van der Waals surface area contributed by atoms with E-state index in [0.29, 0.717) is 0 Å². The molecule has 0 saturated carbocycles. The number of nitrogens with two attached hydrogens (primary N) is 1. The van der Waals surface area contributed by atoms with Gasteiger partial charge >= 0.3 is 0 Å². The van der Waals surface area contributed by atoms with Crippen molar-refractivity contribution in [3.63, 3.8) is 0 Å². The van der Waals surface area contributed by atoms with E-state index < -0.39 is 0 Å². The minimum atomic E-state index is 0. The molecule has 0 atom stereocenters. The van der Waals surface area contributed by atoms with Gasteiger partial charge in [-0.1, -0.05) is 0 Å². The van der Waals surface area contributed by atoms with E-state index in [0.717, 1.165) is 22.5 Å². The molecule has 0 amide bonds. The van der Waals surface area contributed by atoms with Crippen LogP contribution in [0.3, 0.4) is 0 Å². The maximum absolute atomic E-state index is 5.78. The van der Waals surface area contributed by atoms with Crippen LogP contribution in [0.1, 0.15) is 0 Å². The van der Waals surface area contributed by atoms with Gasteiger partial charge in [0, 0.05) is 35.9 Å². The van der Waals surface area contributed by atoms with Crippen LogP contribution in [0.15, 0.2) is 55.1 Å². The second-order valence-electron chi connectivity index (χ2n) is 3.97. The third-order valence-electron chi connectivity index (χ3n) is 2.70. The van der Waals surface area contributed by atoms with E-state index >= 15 is 0 Å². The van der Waals surface area contributed by atoms with Gasteiger partial charge in [0.05, 0.1) is 11.4 Å². The highest BCUT2D eigenvalue weighted by Crippen LogP contribution is 2.23. The summed E-state index contributed by atoms with van der Waals surface area (Å²) < 4.78 is 0. The molecule has 0 aliphatic rings. The largest absolute Gasteiger partial charge is 0.368 e. The second-order valence-corrected chi connectivity index (χ2v) is 3.97. The quantitative estimate of drug-likeness (QED) is 0.783. The van der Waals surface area contributed by atoms with Crippen molar-refractivity contribution in [1.29, 1.82) is 0 Å². The van der Waals surface area contributed by atoms with Gasteiger partial charge in [0.1, 0.15) is 0 Å². The molecule has 20 heavy (non-hydrogen) atoms. The second kappa shape index (κ2) is 6.08. The van der Waals surface area contributed by atoms with Gasteiger partial charge in [0.2, 0.25) is 5.95 Å². The lowest BCUT2D eigenvalue weighted by molar-refractivity contribution is 1.18. The van der Waals surface area contributed by atoms with E-state index in [1.165, 1.54) is 0 Å². The molecule has 2 N–H and O–H groups in total. The Hall–Kier alpha value is -2.53. The maximum atomic E-state index is 5.78. The van der Waals surface area contributed by atoms with Crippen LogP contribution in [0, 0.1) is 0 Å². The van der Waals surface area contributed by atoms with Crippen molar-refractivity contribution in [3.8, 4) is 22.5 Å². The minimum Gasteiger partial charge on any atom is -0.368 e. The van der Waals surface area contributed by atoms with Crippen molar-refractivity contribution < 1.29 is 0 Å². The van der Waals surface area contributed by atoms with Gasteiger partial charge in [0.25, 0.3) is 0 Å². The standard InChI is InChI=1S/C14H11N5.ClH/c15-14-18-12(10-1-5-16-6-2-10)9-13(19-14)11-3-7-17-8-4-11;/h1-9H,(H2,15,18,19);1H.